The van der Waals surface area contributed by atoms with Crippen LogP contribution in [-0.2, 0) is 0 Å². The van der Waals surface area contributed by atoms with Crippen LogP contribution in [0.1, 0.15) is 28.0 Å². The number of carbonyl (C=O) groups excluding carboxylic acids is 1. The smallest absolute Gasteiger partial charge is 0.289 e. The number of thioether (sulfide) groups is 1. The lowest BCUT2D eigenvalue weighted by Crippen LogP contribution is -2.32. The molecule has 0 saturated carbocycles. The second-order valence-electron chi connectivity index (χ2n) is 5.95. The molecule has 1 aliphatic heterocycles. The monoisotopic (exact) mass is 357 g/mol. The quantitative estimate of drug-likeness (QED) is 0.697. The Balaban J connectivity index is 1.53. The number of methoxy groups -OCH3 is 1. The molecule has 4 rings (SSSR count). The minimum absolute atomic E-state index is 0.0704. The first-order valence-electron chi connectivity index (χ1n) is 8.27. The highest BCUT2D eigenvalue weighted by Gasteiger charge is 2.26. The first-order valence-corrected chi connectivity index (χ1v) is 9.32. The molecule has 3 aromatic rings. The van der Waals surface area contributed by atoms with Crippen LogP contribution in [0.3, 0.4) is 0 Å². The van der Waals surface area contributed by atoms with Gasteiger partial charge in [-0.1, -0.05) is 12.1 Å². The van der Waals surface area contributed by atoms with Crippen LogP contribution in [0.25, 0.3) is 11.0 Å². The fraction of sp³-hybridized carbons (Fsp3) is 0.316. The molecule has 25 heavy (non-hydrogen) atoms. The highest BCUT2D eigenvalue weighted by Crippen LogP contribution is 2.35. The third-order valence-corrected chi connectivity index (χ3v) is 5.72. The zero-order valence-electron chi connectivity index (χ0n) is 13.9. The van der Waals surface area contributed by atoms with E-state index in [1.165, 1.54) is 0 Å². The molecule has 0 aliphatic carbocycles. The molecule has 1 fully saturated rings. The number of carbonyl (C=O) groups is 1. The summed E-state index contributed by atoms with van der Waals surface area (Å²) in [5.74, 6) is 2.79. The highest BCUT2D eigenvalue weighted by molar-refractivity contribution is 7.99. The van der Waals surface area contributed by atoms with Crippen molar-refractivity contribution in [2.75, 3.05) is 26.0 Å². The minimum Gasteiger partial charge on any atom is -0.493 e. The Morgan fingerprint density at radius 3 is 3.00 bits per heavy atom. The average molecular weight is 357 g/mol. The summed E-state index contributed by atoms with van der Waals surface area (Å²) < 4.78 is 16.6. The minimum atomic E-state index is -0.0704. The van der Waals surface area contributed by atoms with Crippen molar-refractivity contribution >= 4 is 28.6 Å². The molecule has 0 bridgehead atoms. The van der Waals surface area contributed by atoms with E-state index in [0.717, 1.165) is 23.3 Å². The van der Waals surface area contributed by atoms with Crippen LogP contribution in [0.4, 0.5) is 0 Å². The van der Waals surface area contributed by atoms with Gasteiger partial charge in [0.2, 0.25) is 0 Å². The number of para-hydroxylation sites is 1. The van der Waals surface area contributed by atoms with Crippen molar-refractivity contribution in [3.63, 3.8) is 0 Å². The van der Waals surface area contributed by atoms with Gasteiger partial charge in [-0.25, -0.2) is 0 Å². The summed E-state index contributed by atoms with van der Waals surface area (Å²) in [6.07, 6.45) is 2.57. The maximum absolute atomic E-state index is 12.9. The van der Waals surface area contributed by atoms with Gasteiger partial charge < -0.3 is 18.5 Å². The average Bonchev–Trinajstić information content (AvgIpc) is 3.26. The number of ether oxygens (including phenoxy) is 1. The number of furan rings is 2. The normalized spacial score (nSPS) is 18.3. The highest BCUT2D eigenvalue weighted by atomic mass is 32.2. The molecule has 1 amide bonds. The third kappa shape index (κ3) is 3.14. The van der Waals surface area contributed by atoms with Gasteiger partial charge in [-0.05, 0) is 30.7 Å². The Kier molecular flexibility index (Phi) is 4.44. The number of hydrogen-bond donors (Lipinski definition) is 0. The molecule has 1 atom stereocenters. The van der Waals surface area contributed by atoms with Crippen molar-refractivity contribution in [3.8, 4) is 5.75 Å². The lowest BCUT2D eigenvalue weighted by atomic mass is 10.2. The maximum Gasteiger partial charge on any atom is 0.289 e. The van der Waals surface area contributed by atoms with Crippen LogP contribution in [0.15, 0.2) is 51.5 Å². The van der Waals surface area contributed by atoms with Gasteiger partial charge in [0.25, 0.3) is 5.91 Å². The molecular formula is C19H19NO4S. The second-order valence-corrected chi connectivity index (χ2v) is 7.26. The van der Waals surface area contributed by atoms with Crippen molar-refractivity contribution in [1.82, 2.24) is 4.90 Å². The van der Waals surface area contributed by atoms with Crippen molar-refractivity contribution in [3.05, 3.63) is 54.2 Å². The Bertz CT molecular complexity index is 871. The summed E-state index contributed by atoms with van der Waals surface area (Å²) in [4.78, 5) is 14.7. The van der Waals surface area contributed by atoms with E-state index in [1.807, 2.05) is 47.0 Å². The predicted molar refractivity (Wildman–Crippen MR) is 97.2 cm³/mol. The molecule has 130 valence electrons. The van der Waals surface area contributed by atoms with Crippen molar-refractivity contribution in [1.29, 1.82) is 0 Å². The van der Waals surface area contributed by atoms with E-state index in [-0.39, 0.29) is 5.91 Å². The fourth-order valence-electron chi connectivity index (χ4n) is 3.13. The van der Waals surface area contributed by atoms with E-state index in [0.29, 0.717) is 35.4 Å². The standard InChI is InChI=1S/C19H19NO4S/c1-22-15-5-2-4-13-12-16(24-18(13)15)19(21)20-8-7-17(25-11-9-20)14-6-3-10-23-14/h2-6,10,12,17H,7-9,11H2,1H3/t17-/m1/s1. The zero-order chi connectivity index (χ0) is 17.2. The van der Waals surface area contributed by atoms with Gasteiger partial charge >= 0.3 is 0 Å². The predicted octanol–water partition coefficient (Wildman–Crippen LogP) is 4.35. The Morgan fingerprint density at radius 1 is 1.28 bits per heavy atom. The lowest BCUT2D eigenvalue weighted by Gasteiger charge is -2.18. The van der Waals surface area contributed by atoms with E-state index < -0.39 is 0 Å². The summed E-state index contributed by atoms with van der Waals surface area (Å²) >= 11 is 1.83. The summed E-state index contributed by atoms with van der Waals surface area (Å²) in [6, 6.07) is 11.3. The number of nitrogens with zero attached hydrogens (tertiary/aromatic N) is 1. The Hall–Kier alpha value is -2.34. The summed E-state index contributed by atoms with van der Waals surface area (Å²) in [6.45, 7) is 1.39. The number of amides is 1. The molecule has 5 nitrogen and oxygen atoms in total. The van der Waals surface area contributed by atoms with Gasteiger partial charge in [-0.15, -0.1) is 11.8 Å². The topological polar surface area (TPSA) is 55.8 Å². The fourth-order valence-corrected chi connectivity index (χ4v) is 4.31. The van der Waals surface area contributed by atoms with E-state index >= 15 is 0 Å². The van der Waals surface area contributed by atoms with Crippen LogP contribution >= 0.6 is 11.8 Å². The van der Waals surface area contributed by atoms with Gasteiger partial charge in [0.05, 0.1) is 18.6 Å². The van der Waals surface area contributed by atoms with Gasteiger partial charge in [0.1, 0.15) is 5.76 Å². The first kappa shape index (κ1) is 16.1. The van der Waals surface area contributed by atoms with E-state index in [1.54, 1.807) is 19.4 Å². The van der Waals surface area contributed by atoms with Gasteiger partial charge in [-0.3, -0.25) is 4.79 Å². The molecule has 0 spiro atoms. The van der Waals surface area contributed by atoms with Crippen LogP contribution < -0.4 is 4.74 Å². The summed E-state index contributed by atoms with van der Waals surface area (Å²) in [7, 11) is 1.60. The summed E-state index contributed by atoms with van der Waals surface area (Å²) in [5, 5.41) is 1.17. The molecule has 1 aromatic carbocycles. The summed E-state index contributed by atoms with van der Waals surface area (Å²) in [5.41, 5.74) is 0.617. The molecule has 2 aromatic heterocycles. The number of benzene rings is 1. The number of fused-ring (bicyclic) bond motifs is 1. The molecule has 6 heteroatoms. The maximum atomic E-state index is 12.9. The molecule has 3 heterocycles. The van der Waals surface area contributed by atoms with Crippen molar-refractivity contribution in [2.45, 2.75) is 11.7 Å². The SMILES string of the molecule is COc1cccc2cc(C(=O)N3CCS[C@@H](c4ccco4)CC3)oc12. The van der Waals surface area contributed by atoms with E-state index in [4.69, 9.17) is 13.6 Å². The molecule has 0 N–H and O–H groups in total. The number of hydrogen-bond acceptors (Lipinski definition) is 5. The molecule has 0 unspecified atom stereocenters. The Labute approximate surface area is 149 Å². The van der Waals surface area contributed by atoms with Gasteiger partial charge in [-0.2, -0.15) is 0 Å². The van der Waals surface area contributed by atoms with Gasteiger partial charge in [0, 0.05) is 24.2 Å². The largest absolute Gasteiger partial charge is 0.493 e. The van der Waals surface area contributed by atoms with Crippen LogP contribution in [0, 0.1) is 0 Å². The zero-order valence-corrected chi connectivity index (χ0v) is 14.8. The molecule has 1 saturated heterocycles. The molecule has 1 aliphatic rings. The van der Waals surface area contributed by atoms with Gasteiger partial charge in [0.15, 0.2) is 17.1 Å². The van der Waals surface area contributed by atoms with Crippen molar-refractivity contribution < 1.29 is 18.4 Å². The molecule has 0 radical (unpaired) electrons. The van der Waals surface area contributed by atoms with Crippen LogP contribution in [0.5, 0.6) is 5.75 Å². The van der Waals surface area contributed by atoms with Crippen molar-refractivity contribution in [2.24, 2.45) is 0 Å². The number of rotatable bonds is 3. The van der Waals surface area contributed by atoms with E-state index in [2.05, 4.69) is 0 Å². The van der Waals surface area contributed by atoms with Crippen LogP contribution in [-0.4, -0.2) is 36.8 Å². The first-order chi connectivity index (χ1) is 12.3. The van der Waals surface area contributed by atoms with E-state index in [9.17, 15) is 4.79 Å². The van der Waals surface area contributed by atoms with Crippen LogP contribution in [0.2, 0.25) is 0 Å². The lowest BCUT2D eigenvalue weighted by molar-refractivity contribution is 0.0736. The molecular weight excluding hydrogens is 338 g/mol. The third-order valence-electron chi connectivity index (χ3n) is 4.43. The Morgan fingerprint density at radius 2 is 2.20 bits per heavy atom. The second kappa shape index (κ2) is 6.88.